The van der Waals surface area contributed by atoms with Crippen LogP contribution in [0.2, 0.25) is 0 Å². The number of ether oxygens (including phenoxy) is 2. The van der Waals surface area contributed by atoms with E-state index < -0.39 is 71.4 Å². The second-order valence-corrected chi connectivity index (χ2v) is 21.9. The number of aliphatic carboxylic acids is 1. The highest BCUT2D eigenvalue weighted by molar-refractivity contribution is 8.00. The van der Waals surface area contributed by atoms with Crippen molar-refractivity contribution in [3.8, 4) is 0 Å². The zero-order chi connectivity index (χ0) is 53.0. The number of likely N-dealkylation sites (N-methyl/N-ethyl adjacent to an activating group) is 2. The molecule has 3 aliphatic rings. The Hall–Kier alpha value is -4.59. The summed E-state index contributed by atoms with van der Waals surface area (Å²) in [6.07, 6.45) is 1.74. The number of carboxylic acids is 1. The van der Waals surface area contributed by atoms with E-state index >= 15 is 0 Å². The lowest BCUT2D eigenvalue weighted by Crippen LogP contribution is -2.60. The van der Waals surface area contributed by atoms with Crippen molar-refractivity contribution in [2.24, 2.45) is 41.2 Å². The molecule has 2 saturated heterocycles. The molecule has 2 heterocycles. The van der Waals surface area contributed by atoms with Crippen LogP contribution in [0, 0.1) is 35.5 Å². The summed E-state index contributed by atoms with van der Waals surface area (Å²) < 4.78 is 12.1. The van der Waals surface area contributed by atoms with Gasteiger partial charge in [0.2, 0.25) is 41.4 Å². The van der Waals surface area contributed by atoms with Gasteiger partial charge in [-0.1, -0.05) is 98.6 Å². The third-order valence-electron chi connectivity index (χ3n) is 15.2. The summed E-state index contributed by atoms with van der Waals surface area (Å²) in [7, 11) is 6.27. The number of fused-ring (bicyclic) bond motifs is 1. The third kappa shape index (κ3) is 14.6. The van der Waals surface area contributed by atoms with Crippen molar-refractivity contribution >= 4 is 59.1 Å². The van der Waals surface area contributed by atoms with E-state index in [0.717, 1.165) is 5.56 Å². The van der Waals surface area contributed by atoms with Crippen LogP contribution in [0.5, 0.6) is 0 Å². The number of hydrogen-bond donors (Lipinski definition) is 4. The summed E-state index contributed by atoms with van der Waals surface area (Å²) in [4.78, 5) is 114. The highest BCUT2D eigenvalue weighted by atomic mass is 32.2. The molecule has 398 valence electrons. The summed E-state index contributed by atoms with van der Waals surface area (Å²) in [5, 5.41) is 15.3. The Kier molecular flexibility index (Phi) is 22.4. The van der Waals surface area contributed by atoms with Crippen LogP contribution in [0.3, 0.4) is 0 Å². The zero-order valence-corrected chi connectivity index (χ0v) is 44.9. The van der Waals surface area contributed by atoms with E-state index in [0.29, 0.717) is 32.1 Å². The first kappa shape index (κ1) is 59.0. The number of methoxy groups -OCH3 is 2. The quantitative estimate of drug-likeness (QED) is 0.0507. The summed E-state index contributed by atoms with van der Waals surface area (Å²) >= 11 is 1.26. The van der Waals surface area contributed by atoms with Gasteiger partial charge in [0.15, 0.2) is 0 Å². The van der Waals surface area contributed by atoms with Gasteiger partial charge in [-0.05, 0) is 54.4 Å². The number of imide groups is 1. The highest BCUT2D eigenvalue weighted by Crippen LogP contribution is 2.54. The second kappa shape index (κ2) is 26.9. The minimum absolute atomic E-state index is 0.0725. The Bertz CT molecular complexity index is 2010. The van der Waals surface area contributed by atoms with Crippen LogP contribution in [0.4, 0.5) is 0 Å². The van der Waals surface area contributed by atoms with E-state index in [1.54, 1.807) is 38.1 Å². The van der Waals surface area contributed by atoms with Crippen LogP contribution >= 0.6 is 11.8 Å². The molecule has 0 spiro atoms. The molecule has 19 heteroatoms. The number of rotatable bonds is 29. The average Bonchev–Trinajstić information content (AvgIpc) is 3.62. The first-order chi connectivity index (χ1) is 33.6. The van der Waals surface area contributed by atoms with Crippen LogP contribution in [0.15, 0.2) is 30.3 Å². The molecule has 2 aliphatic heterocycles. The van der Waals surface area contributed by atoms with Gasteiger partial charge in [0, 0.05) is 66.0 Å². The lowest BCUT2D eigenvalue weighted by atomic mass is 9.89. The molecule has 1 saturated carbocycles. The molecular formula is C52H83N7O11S. The van der Waals surface area contributed by atoms with Crippen LogP contribution < -0.4 is 16.4 Å². The van der Waals surface area contributed by atoms with Crippen molar-refractivity contribution in [2.75, 3.05) is 40.7 Å². The van der Waals surface area contributed by atoms with Crippen molar-refractivity contribution in [1.29, 1.82) is 0 Å². The van der Waals surface area contributed by atoms with Crippen LogP contribution in [-0.2, 0) is 54.3 Å². The van der Waals surface area contributed by atoms with Gasteiger partial charge in [-0.3, -0.25) is 38.5 Å². The van der Waals surface area contributed by atoms with Gasteiger partial charge < -0.3 is 45.6 Å². The van der Waals surface area contributed by atoms with Crippen molar-refractivity contribution in [3.63, 3.8) is 0 Å². The molecule has 1 aliphatic carbocycles. The molecule has 71 heavy (non-hydrogen) atoms. The number of carbonyl (C=O) groups excluding carboxylic acids is 7. The Labute approximate surface area is 425 Å². The summed E-state index contributed by atoms with van der Waals surface area (Å²) in [6.45, 7) is 15.4. The molecule has 7 amide bonds. The predicted octanol–water partition coefficient (Wildman–Crippen LogP) is 3.92. The number of nitrogens with one attached hydrogen (secondary N) is 2. The van der Waals surface area contributed by atoms with Crippen LogP contribution in [0.25, 0.3) is 0 Å². The van der Waals surface area contributed by atoms with Gasteiger partial charge in [0.1, 0.15) is 18.1 Å². The molecule has 3 unspecified atom stereocenters. The van der Waals surface area contributed by atoms with E-state index in [-0.39, 0.29) is 103 Å². The van der Waals surface area contributed by atoms with Gasteiger partial charge in [0.25, 0.3) is 0 Å². The second-order valence-electron chi connectivity index (χ2n) is 20.6. The highest BCUT2D eigenvalue weighted by Gasteiger charge is 2.62. The molecule has 5 N–H and O–H groups in total. The first-order valence-corrected chi connectivity index (χ1v) is 26.5. The first-order valence-electron chi connectivity index (χ1n) is 25.5. The van der Waals surface area contributed by atoms with E-state index in [2.05, 4.69) is 17.6 Å². The minimum atomic E-state index is -1.16. The predicted molar refractivity (Wildman–Crippen MR) is 271 cm³/mol. The maximum Gasteiger partial charge on any atom is 0.326 e. The molecule has 3 fully saturated rings. The van der Waals surface area contributed by atoms with Gasteiger partial charge in [0.05, 0.1) is 41.9 Å². The van der Waals surface area contributed by atoms with Crippen molar-refractivity contribution < 1.29 is 52.9 Å². The monoisotopic (exact) mass is 1010 g/mol. The molecule has 18 nitrogen and oxygen atoms in total. The lowest BCUT2D eigenvalue weighted by molar-refractivity contribution is -0.150. The Morgan fingerprint density at radius 2 is 1.56 bits per heavy atom. The number of unbranched alkanes of at least 4 members (excludes halogenated alkanes) is 2. The molecular weight excluding hydrogens is 931 g/mol. The smallest absolute Gasteiger partial charge is 0.326 e. The molecule has 0 radical (unpaired) electrons. The van der Waals surface area contributed by atoms with Gasteiger partial charge in [-0.2, -0.15) is 0 Å². The number of thioether (sulfide) groups is 1. The fraction of sp³-hybridized carbons (Fsp3) is 0.731. The maximum atomic E-state index is 14.7. The van der Waals surface area contributed by atoms with Gasteiger partial charge in [-0.25, -0.2) is 4.79 Å². The fourth-order valence-electron chi connectivity index (χ4n) is 10.9. The number of amides is 7. The summed E-state index contributed by atoms with van der Waals surface area (Å²) in [6, 6.07) is 4.91. The van der Waals surface area contributed by atoms with Crippen LogP contribution in [0.1, 0.15) is 112 Å². The van der Waals surface area contributed by atoms with Crippen molar-refractivity contribution in [1.82, 2.24) is 30.2 Å². The molecule has 1 aromatic carbocycles. The summed E-state index contributed by atoms with van der Waals surface area (Å²) in [5.41, 5.74) is 6.33. The number of hydrogen-bond acceptors (Lipinski definition) is 12. The number of piperidine rings is 1. The topological polar surface area (TPSA) is 238 Å². The average molecular weight is 1010 g/mol. The minimum Gasteiger partial charge on any atom is -0.480 e. The van der Waals surface area contributed by atoms with Crippen molar-refractivity contribution in [2.45, 2.75) is 167 Å². The van der Waals surface area contributed by atoms with E-state index in [1.807, 2.05) is 64.6 Å². The molecule has 0 bridgehead atoms. The molecule has 4 rings (SSSR count). The Balaban J connectivity index is 1.43. The number of nitrogens with two attached hydrogens (primary N) is 1. The molecule has 0 aromatic heterocycles. The van der Waals surface area contributed by atoms with E-state index in [9.17, 15) is 43.5 Å². The third-order valence-corrected chi connectivity index (χ3v) is 16.2. The molecule has 1 aromatic rings. The standard InChI is InChI=1S/C52H83N7O11S/c1-13-31(6)45(38(69-11)26-42(62)59-37(25-35-32(7)46(35)59)47(70-12)33(8)48(63)54-36(52(67)68)24-34-20-16-14-17-21-34)57(10)51(66)43(29(2)3)55-49(64)44(30(4)5)56(9)40(60)22-18-15-19-23-58-41(61)27-39(50(58)65)71-28-53/h14,16-17,20-21,29-33,35-39,43-47H,13,15,18-19,22-28,53H2,1-12H3,(H,54,63)(H,55,64)(H,67,68)/t31-,32-,33+,35?,36-,37-,38+,39?,43-,44-,45-,46?,47+/m0/s1. The number of carbonyl (C=O) groups is 8. The number of carboxylic acid groups (broad SMARTS) is 1. The lowest BCUT2D eigenvalue weighted by Gasteiger charge is -2.41. The maximum absolute atomic E-state index is 14.7. The van der Waals surface area contributed by atoms with Crippen molar-refractivity contribution in [3.05, 3.63) is 35.9 Å². The molecule has 13 atom stereocenters. The SMILES string of the molecule is CC[C@H](C)[C@@H]([C@@H](CC(=O)N1C2C(C[C@H]1[C@H](OC)[C@@H](C)C(=O)N[C@@H](Cc1ccccc1)C(=O)O)[C@@H]2C)OC)N(C)C(=O)[C@@H](NC(=O)[C@H](C(C)C)N(C)C(=O)CCCCCN1C(=O)CC(SCN)C1=O)C(C)C. The zero-order valence-electron chi connectivity index (χ0n) is 44.1. The Morgan fingerprint density at radius 1 is 0.901 bits per heavy atom. The largest absolute Gasteiger partial charge is 0.480 e. The van der Waals surface area contributed by atoms with E-state index in [1.165, 1.54) is 35.8 Å². The number of likely N-dealkylation sites (tertiary alicyclic amines) is 2. The van der Waals surface area contributed by atoms with Gasteiger partial charge >= 0.3 is 5.97 Å². The number of benzene rings is 1. The summed E-state index contributed by atoms with van der Waals surface area (Å²) in [5.74, 6) is -4.27. The van der Waals surface area contributed by atoms with E-state index in [4.69, 9.17) is 15.2 Å². The normalized spacial score (nSPS) is 23.1. The fourth-order valence-corrected chi connectivity index (χ4v) is 11.6. The number of nitrogens with zero attached hydrogens (tertiary/aromatic N) is 4. The van der Waals surface area contributed by atoms with Gasteiger partial charge in [-0.15, -0.1) is 11.8 Å². The Morgan fingerprint density at radius 3 is 2.13 bits per heavy atom. The van der Waals surface area contributed by atoms with Crippen LogP contribution in [-0.4, -0.2) is 166 Å².